The van der Waals surface area contributed by atoms with Gasteiger partial charge in [0.05, 0.1) is 6.54 Å². The Hall–Kier alpha value is -3.20. The fourth-order valence-corrected chi connectivity index (χ4v) is 3.10. The smallest absolute Gasteiger partial charge is 0.334 e. The van der Waals surface area contributed by atoms with Crippen molar-refractivity contribution < 1.29 is 19.8 Å². The molecule has 2 aromatic rings. The molecule has 9 heteroatoms. The van der Waals surface area contributed by atoms with Crippen molar-refractivity contribution in [3.8, 4) is 0 Å². The fraction of sp³-hybridized carbons (Fsp3) is 0.368. The molecule has 1 aromatic heterocycles. The molecule has 0 saturated carbocycles. The molecule has 9 nitrogen and oxygen atoms in total. The summed E-state index contributed by atoms with van der Waals surface area (Å²) in [7, 11) is 0. The summed E-state index contributed by atoms with van der Waals surface area (Å²) < 4.78 is 0. The summed E-state index contributed by atoms with van der Waals surface area (Å²) in [5, 5.41) is 23.7. The Labute approximate surface area is 162 Å². The lowest BCUT2D eigenvalue weighted by atomic mass is 10.1. The number of nitrogens with zero attached hydrogens (tertiary/aromatic N) is 3. The Morgan fingerprint density at radius 3 is 2.57 bits per heavy atom. The number of rotatable bonds is 7. The fourth-order valence-electron chi connectivity index (χ4n) is 3.10. The van der Waals surface area contributed by atoms with E-state index in [0.717, 1.165) is 31.5 Å². The summed E-state index contributed by atoms with van der Waals surface area (Å²) in [6.45, 7) is 0.534. The average Bonchev–Trinajstić information content (AvgIpc) is 2.73. The Morgan fingerprint density at radius 1 is 1.18 bits per heavy atom. The lowest BCUT2D eigenvalue weighted by Crippen LogP contribution is -2.45. The van der Waals surface area contributed by atoms with Crippen LogP contribution in [0.3, 0.4) is 0 Å². The van der Waals surface area contributed by atoms with Gasteiger partial charge in [0, 0.05) is 30.2 Å². The zero-order chi connectivity index (χ0) is 19.9. The third kappa shape index (κ3) is 4.95. The summed E-state index contributed by atoms with van der Waals surface area (Å²) in [5.41, 5.74) is 1.37. The van der Waals surface area contributed by atoms with E-state index in [1.165, 1.54) is 0 Å². The van der Waals surface area contributed by atoms with E-state index < -0.39 is 18.0 Å². The van der Waals surface area contributed by atoms with Crippen molar-refractivity contribution in [1.29, 1.82) is 0 Å². The molecule has 4 N–H and O–H groups in total. The van der Waals surface area contributed by atoms with Gasteiger partial charge in [-0.1, -0.05) is 0 Å². The number of carbonyl (C=O) groups is 2. The lowest BCUT2D eigenvalue weighted by Gasteiger charge is -2.38. The van der Waals surface area contributed by atoms with Gasteiger partial charge in [-0.15, -0.1) is 0 Å². The number of aliphatic carboxylic acids is 1. The standard InChI is InChI=1S/C19H23N5O4/c25-15(18(27)28)12-22-17(26)13-5-7-14(8-6-13)24-11-2-1-4-16(24)23-19-20-9-3-10-21-19/h3,5-10,15-16,25H,1-2,4,11-12H2,(H,22,26)(H,27,28)(H,20,21,23)/t15-,16?/m0/s1. The van der Waals surface area contributed by atoms with E-state index in [4.69, 9.17) is 5.11 Å². The highest BCUT2D eigenvalue weighted by Crippen LogP contribution is 2.25. The van der Waals surface area contributed by atoms with Crippen LogP contribution in [0.15, 0.2) is 42.7 Å². The summed E-state index contributed by atoms with van der Waals surface area (Å²) in [6, 6.07) is 8.84. The highest BCUT2D eigenvalue weighted by Gasteiger charge is 2.23. The largest absolute Gasteiger partial charge is 0.479 e. The van der Waals surface area contributed by atoms with Crippen molar-refractivity contribution in [2.45, 2.75) is 31.5 Å². The predicted octanol–water partition coefficient (Wildman–Crippen LogP) is 1.08. The Bertz CT molecular complexity index is 800. The van der Waals surface area contributed by atoms with Gasteiger partial charge in [-0.25, -0.2) is 14.8 Å². The van der Waals surface area contributed by atoms with Crippen LogP contribution in [0.5, 0.6) is 0 Å². The molecule has 1 aliphatic rings. The first-order chi connectivity index (χ1) is 13.5. The zero-order valence-electron chi connectivity index (χ0n) is 15.3. The molecule has 1 saturated heterocycles. The summed E-state index contributed by atoms with van der Waals surface area (Å²) in [5.74, 6) is -1.23. The number of piperidine rings is 1. The second kappa shape index (κ2) is 9.14. The molecule has 1 aromatic carbocycles. The molecule has 1 fully saturated rings. The van der Waals surface area contributed by atoms with E-state index in [-0.39, 0.29) is 12.7 Å². The number of aromatic nitrogens is 2. The van der Waals surface area contributed by atoms with E-state index in [1.807, 2.05) is 12.1 Å². The molecule has 0 spiro atoms. The number of hydrogen-bond acceptors (Lipinski definition) is 7. The summed E-state index contributed by atoms with van der Waals surface area (Å²) in [6.07, 6.45) is 4.95. The van der Waals surface area contributed by atoms with E-state index >= 15 is 0 Å². The molecule has 0 aliphatic carbocycles. The zero-order valence-corrected chi connectivity index (χ0v) is 15.3. The number of amides is 1. The first-order valence-electron chi connectivity index (χ1n) is 9.14. The van der Waals surface area contributed by atoms with E-state index in [9.17, 15) is 14.7 Å². The summed E-state index contributed by atoms with van der Waals surface area (Å²) >= 11 is 0. The maximum absolute atomic E-state index is 12.1. The molecule has 1 unspecified atom stereocenters. The van der Waals surface area contributed by atoms with Crippen LogP contribution in [-0.2, 0) is 4.79 Å². The van der Waals surface area contributed by atoms with E-state index in [0.29, 0.717) is 11.5 Å². The number of carboxylic acid groups (broad SMARTS) is 1. The molecule has 3 rings (SSSR count). The first-order valence-corrected chi connectivity index (χ1v) is 9.14. The van der Waals surface area contributed by atoms with Gasteiger partial charge in [-0.05, 0) is 49.6 Å². The van der Waals surface area contributed by atoms with Gasteiger partial charge >= 0.3 is 5.97 Å². The van der Waals surface area contributed by atoms with Crippen LogP contribution >= 0.6 is 0 Å². The second-order valence-corrected chi connectivity index (χ2v) is 6.53. The van der Waals surface area contributed by atoms with Gasteiger partial charge in [-0.3, -0.25) is 4.79 Å². The lowest BCUT2D eigenvalue weighted by molar-refractivity contribution is -0.146. The highest BCUT2D eigenvalue weighted by molar-refractivity contribution is 5.94. The van der Waals surface area contributed by atoms with Crippen LogP contribution in [0.25, 0.3) is 0 Å². The Kier molecular flexibility index (Phi) is 6.38. The minimum Gasteiger partial charge on any atom is -0.479 e. The highest BCUT2D eigenvalue weighted by atomic mass is 16.4. The monoisotopic (exact) mass is 385 g/mol. The van der Waals surface area contributed by atoms with Crippen LogP contribution in [-0.4, -0.2) is 57.4 Å². The van der Waals surface area contributed by atoms with Gasteiger partial charge in [0.1, 0.15) is 6.17 Å². The van der Waals surface area contributed by atoms with Crippen molar-refractivity contribution in [3.05, 3.63) is 48.3 Å². The van der Waals surface area contributed by atoms with Crippen molar-refractivity contribution in [2.24, 2.45) is 0 Å². The average molecular weight is 385 g/mol. The molecular weight excluding hydrogens is 362 g/mol. The number of nitrogens with one attached hydrogen (secondary N) is 2. The SMILES string of the molecule is O=C(NC[C@H](O)C(=O)O)c1ccc(N2CCCCC2Nc2ncccn2)cc1. The van der Waals surface area contributed by atoms with Crippen LogP contribution in [0, 0.1) is 0 Å². The first kappa shape index (κ1) is 19.6. The molecule has 0 bridgehead atoms. The molecule has 2 atom stereocenters. The molecule has 1 aliphatic heterocycles. The van der Waals surface area contributed by atoms with Crippen LogP contribution in [0.1, 0.15) is 29.6 Å². The van der Waals surface area contributed by atoms with Crippen molar-refractivity contribution >= 4 is 23.5 Å². The van der Waals surface area contributed by atoms with Crippen LogP contribution in [0.4, 0.5) is 11.6 Å². The van der Waals surface area contributed by atoms with Gasteiger partial charge in [0.15, 0.2) is 6.10 Å². The summed E-state index contributed by atoms with van der Waals surface area (Å²) in [4.78, 5) is 33.4. The molecule has 0 radical (unpaired) electrons. The minimum absolute atomic E-state index is 0.0570. The predicted molar refractivity (Wildman–Crippen MR) is 103 cm³/mol. The van der Waals surface area contributed by atoms with Crippen LogP contribution in [0.2, 0.25) is 0 Å². The van der Waals surface area contributed by atoms with Gasteiger partial charge < -0.3 is 25.7 Å². The number of hydrogen-bond donors (Lipinski definition) is 4. The van der Waals surface area contributed by atoms with Gasteiger partial charge in [-0.2, -0.15) is 0 Å². The van der Waals surface area contributed by atoms with Gasteiger partial charge in [0.25, 0.3) is 5.91 Å². The second-order valence-electron chi connectivity index (χ2n) is 6.53. The number of carboxylic acids is 1. The number of aliphatic hydroxyl groups is 1. The number of anilines is 2. The number of benzene rings is 1. The maximum Gasteiger partial charge on any atom is 0.334 e. The number of aliphatic hydroxyl groups excluding tert-OH is 1. The normalized spacial score (nSPS) is 17.6. The topological polar surface area (TPSA) is 128 Å². The number of carbonyl (C=O) groups excluding carboxylic acids is 1. The van der Waals surface area contributed by atoms with E-state index in [1.54, 1.807) is 30.6 Å². The van der Waals surface area contributed by atoms with Gasteiger partial charge in [0.2, 0.25) is 5.95 Å². The third-order valence-corrected chi connectivity index (χ3v) is 4.57. The van der Waals surface area contributed by atoms with Crippen molar-refractivity contribution in [1.82, 2.24) is 15.3 Å². The Balaban J connectivity index is 1.65. The molecule has 28 heavy (non-hydrogen) atoms. The molecule has 148 valence electrons. The van der Waals surface area contributed by atoms with Crippen molar-refractivity contribution in [3.63, 3.8) is 0 Å². The molecule has 2 heterocycles. The van der Waals surface area contributed by atoms with E-state index in [2.05, 4.69) is 25.5 Å². The quantitative estimate of drug-likeness (QED) is 0.557. The Morgan fingerprint density at radius 2 is 1.89 bits per heavy atom. The van der Waals surface area contributed by atoms with Crippen molar-refractivity contribution in [2.75, 3.05) is 23.3 Å². The van der Waals surface area contributed by atoms with Crippen LogP contribution < -0.4 is 15.5 Å². The molecular formula is C19H23N5O4. The minimum atomic E-state index is -1.62. The maximum atomic E-state index is 12.1. The third-order valence-electron chi connectivity index (χ3n) is 4.57. The molecule has 1 amide bonds.